The number of hydrogen-bond donors (Lipinski definition) is 0. The molecule has 0 spiro atoms. The van der Waals surface area contributed by atoms with Gasteiger partial charge in [-0.15, -0.1) is 0 Å². The summed E-state index contributed by atoms with van der Waals surface area (Å²) in [5.74, 6) is -1.21. The van der Waals surface area contributed by atoms with Crippen LogP contribution in [0.2, 0.25) is 0 Å². The highest BCUT2D eigenvalue weighted by molar-refractivity contribution is 5.75. The van der Waals surface area contributed by atoms with Crippen molar-refractivity contribution in [3.8, 4) is 11.8 Å². The quantitative estimate of drug-likeness (QED) is 0.749. The standard InChI is InChI=1S/C12H12FNO3/c1-3-17-11(15)6-9-8(7-14)4-5-10(13)12(9)16-2/h4-5H,3,6H2,1-2H3. The fraction of sp³-hybridized carbons (Fsp3) is 0.333. The fourth-order valence-electron chi connectivity index (χ4n) is 1.46. The van der Waals surface area contributed by atoms with Gasteiger partial charge in [-0.25, -0.2) is 4.39 Å². The zero-order valence-electron chi connectivity index (χ0n) is 9.62. The summed E-state index contributed by atoms with van der Waals surface area (Å²) in [5.41, 5.74) is 0.421. The van der Waals surface area contributed by atoms with Gasteiger partial charge in [-0.2, -0.15) is 5.26 Å². The molecule has 1 aromatic carbocycles. The topological polar surface area (TPSA) is 59.3 Å². The van der Waals surface area contributed by atoms with Crippen molar-refractivity contribution >= 4 is 5.97 Å². The summed E-state index contributed by atoms with van der Waals surface area (Å²) >= 11 is 0. The molecule has 0 heterocycles. The van der Waals surface area contributed by atoms with Crippen molar-refractivity contribution in [2.45, 2.75) is 13.3 Å². The van der Waals surface area contributed by atoms with E-state index in [9.17, 15) is 9.18 Å². The minimum atomic E-state index is -0.606. The number of carbonyl (C=O) groups is 1. The molecule has 0 saturated heterocycles. The minimum Gasteiger partial charge on any atom is -0.493 e. The van der Waals surface area contributed by atoms with Crippen LogP contribution in [0.1, 0.15) is 18.1 Å². The molecule has 0 aliphatic carbocycles. The van der Waals surface area contributed by atoms with E-state index < -0.39 is 11.8 Å². The van der Waals surface area contributed by atoms with Gasteiger partial charge in [0, 0.05) is 5.56 Å². The van der Waals surface area contributed by atoms with Gasteiger partial charge in [0.2, 0.25) is 0 Å². The fourth-order valence-corrected chi connectivity index (χ4v) is 1.46. The number of nitriles is 1. The predicted molar refractivity (Wildman–Crippen MR) is 58.0 cm³/mol. The molecule has 0 unspecified atom stereocenters. The predicted octanol–water partition coefficient (Wildman–Crippen LogP) is 1.81. The molecule has 0 aromatic heterocycles. The molecule has 0 aliphatic heterocycles. The van der Waals surface area contributed by atoms with E-state index in [1.54, 1.807) is 6.92 Å². The summed E-state index contributed by atoms with van der Waals surface area (Å²) in [6.07, 6.45) is -0.183. The SMILES string of the molecule is CCOC(=O)Cc1c(C#N)ccc(F)c1OC. The molecule has 0 aliphatic rings. The first-order chi connectivity index (χ1) is 8.13. The van der Waals surface area contributed by atoms with Gasteiger partial charge in [-0.1, -0.05) is 0 Å². The summed E-state index contributed by atoms with van der Waals surface area (Å²) in [6.45, 7) is 1.91. The van der Waals surface area contributed by atoms with E-state index >= 15 is 0 Å². The summed E-state index contributed by atoms with van der Waals surface area (Å²) in [7, 11) is 1.29. The highest BCUT2D eigenvalue weighted by atomic mass is 19.1. The lowest BCUT2D eigenvalue weighted by atomic mass is 10.0. The van der Waals surface area contributed by atoms with Crippen LogP contribution in [0, 0.1) is 17.1 Å². The summed E-state index contributed by atoms with van der Waals surface area (Å²) in [6, 6.07) is 4.33. The number of carbonyl (C=O) groups excluding carboxylic acids is 1. The molecule has 0 amide bonds. The van der Waals surface area contributed by atoms with Crippen molar-refractivity contribution in [1.29, 1.82) is 5.26 Å². The van der Waals surface area contributed by atoms with Crippen LogP contribution in [0.3, 0.4) is 0 Å². The first kappa shape index (κ1) is 13.0. The molecule has 0 atom stereocenters. The molecule has 90 valence electrons. The van der Waals surface area contributed by atoms with E-state index in [1.807, 2.05) is 6.07 Å². The Morgan fingerprint density at radius 1 is 1.53 bits per heavy atom. The zero-order chi connectivity index (χ0) is 12.8. The highest BCUT2D eigenvalue weighted by Gasteiger charge is 2.17. The summed E-state index contributed by atoms with van der Waals surface area (Å²) in [4.78, 5) is 11.4. The number of nitrogens with zero attached hydrogens (tertiary/aromatic N) is 1. The van der Waals surface area contributed by atoms with Crippen molar-refractivity contribution in [3.05, 3.63) is 29.1 Å². The lowest BCUT2D eigenvalue weighted by molar-refractivity contribution is -0.142. The Morgan fingerprint density at radius 3 is 2.76 bits per heavy atom. The molecule has 17 heavy (non-hydrogen) atoms. The lowest BCUT2D eigenvalue weighted by Crippen LogP contribution is -2.10. The maximum absolute atomic E-state index is 13.4. The van der Waals surface area contributed by atoms with Gasteiger partial charge in [-0.3, -0.25) is 4.79 Å². The van der Waals surface area contributed by atoms with Crippen molar-refractivity contribution in [2.24, 2.45) is 0 Å². The smallest absolute Gasteiger partial charge is 0.310 e. The maximum Gasteiger partial charge on any atom is 0.310 e. The van der Waals surface area contributed by atoms with E-state index in [-0.39, 0.29) is 29.9 Å². The molecular formula is C12H12FNO3. The van der Waals surface area contributed by atoms with Crippen LogP contribution in [0.25, 0.3) is 0 Å². The molecule has 0 radical (unpaired) electrons. The molecule has 1 aromatic rings. The Hall–Kier alpha value is -2.09. The molecule has 4 nitrogen and oxygen atoms in total. The van der Waals surface area contributed by atoms with E-state index in [1.165, 1.54) is 13.2 Å². The second-order valence-corrected chi connectivity index (χ2v) is 3.20. The monoisotopic (exact) mass is 237 g/mol. The van der Waals surface area contributed by atoms with Gasteiger partial charge in [0.1, 0.15) is 0 Å². The largest absolute Gasteiger partial charge is 0.493 e. The average molecular weight is 237 g/mol. The van der Waals surface area contributed by atoms with Crippen LogP contribution in [0.15, 0.2) is 12.1 Å². The van der Waals surface area contributed by atoms with Gasteiger partial charge >= 0.3 is 5.97 Å². The minimum absolute atomic E-state index is 0.0860. The van der Waals surface area contributed by atoms with Crippen LogP contribution in [-0.4, -0.2) is 19.7 Å². The number of rotatable bonds is 4. The molecule has 0 fully saturated rings. The van der Waals surface area contributed by atoms with Crippen molar-refractivity contribution in [3.63, 3.8) is 0 Å². The molecule has 0 saturated carbocycles. The Balaban J connectivity index is 3.15. The van der Waals surface area contributed by atoms with Crippen molar-refractivity contribution in [1.82, 2.24) is 0 Å². The van der Waals surface area contributed by atoms with E-state index in [2.05, 4.69) is 0 Å². The molecule has 0 N–H and O–H groups in total. The van der Waals surface area contributed by atoms with Gasteiger partial charge in [0.15, 0.2) is 11.6 Å². The third-order valence-electron chi connectivity index (χ3n) is 2.16. The number of halogens is 1. The third-order valence-corrected chi connectivity index (χ3v) is 2.16. The third kappa shape index (κ3) is 2.94. The second kappa shape index (κ2) is 5.85. The van der Waals surface area contributed by atoms with Crippen LogP contribution >= 0.6 is 0 Å². The van der Waals surface area contributed by atoms with E-state index in [0.717, 1.165) is 6.07 Å². The van der Waals surface area contributed by atoms with Crippen LogP contribution in [0.4, 0.5) is 4.39 Å². The first-order valence-electron chi connectivity index (χ1n) is 5.05. The van der Waals surface area contributed by atoms with Crippen LogP contribution < -0.4 is 4.74 Å². The average Bonchev–Trinajstić information content (AvgIpc) is 2.30. The first-order valence-corrected chi connectivity index (χ1v) is 5.05. The lowest BCUT2D eigenvalue weighted by Gasteiger charge is -2.10. The summed E-state index contributed by atoms with van der Waals surface area (Å²) in [5, 5.41) is 8.89. The van der Waals surface area contributed by atoms with Gasteiger partial charge < -0.3 is 9.47 Å². The van der Waals surface area contributed by atoms with Crippen LogP contribution in [0.5, 0.6) is 5.75 Å². The van der Waals surface area contributed by atoms with Crippen molar-refractivity contribution < 1.29 is 18.7 Å². The van der Waals surface area contributed by atoms with Gasteiger partial charge in [0.05, 0.1) is 31.8 Å². The molecule has 1 rings (SSSR count). The number of ether oxygens (including phenoxy) is 2. The Morgan fingerprint density at radius 2 is 2.24 bits per heavy atom. The number of methoxy groups -OCH3 is 1. The number of benzene rings is 1. The second-order valence-electron chi connectivity index (χ2n) is 3.20. The Labute approximate surface area is 98.6 Å². The molecular weight excluding hydrogens is 225 g/mol. The zero-order valence-corrected chi connectivity index (χ0v) is 9.62. The van der Waals surface area contributed by atoms with Crippen molar-refractivity contribution in [2.75, 3.05) is 13.7 Å². The normalized spacial score (nSPS) is 9.53. The number of hydrogen-bond acceptors (Lipinski definition) is 4. The van der Waals surface area contributed by atoms with Gasteiger partial charge in [-0.05, 0) is 19.1 Å². The summed E-state index contributed by atoms with van der Waals surface area (Å²) < 4.78 is 23.0. The number of esters is 1. The Kier molecular flexibility index (Phi) is 4.46. The van der Waals surface area contributed by atoms with Gasteiger partial charge in [0.25, 0.3) is 0 Å². The molecule has 5 heteroatoms. The highest BCUT2D eigenvalue weighted by Crippen LogP contribution is 2.26. The van der Waals surface area contributed by atoms with E-state index in [4.69, 9.17) is 14.7 Å². The molecule has 0 bridgehead atoms. The maximum atomic E-state index is 13.4. The Bertz CT molecular complexity index is 466. The van der Waals surface area contributed by atoms with Crippen LogP contribution in [-0.2, 0) is 16.0 Å². The van der Waals surface area contributed by atoms with E-state index in [0.29, 0.717) is 0 Å².